The third kappa shape index (κ3) is 4.49. The number of nitrogens with zero attached hydrogens (tertiary/aromatic N) is 4. The van der Waals surface area contributed by atoms with E-state index in [9.17, 15) is 14.4 Å². The van der Waals surface area contributed by atoms with Crippen molar-refractivity contribution < 1.29 is 9.53 Å². The number of fused-ring (bicyclic) bond motifs is 1. The van der Waals surface area contributed by atoms with E-state index < -0.39 is 11.2 Å². The van der Waals surface area contributed by atoms with Crippen LogP contribution in [0.2, 0.25) is 0 Å². The molecule has 1 unspecified atom stereocenters. The van der Waals surface area contributed by atoms with E-state index in [-0.39, 0.29) is 17.2 Å². The van der Waals surface area contributed by atoms with Gasteiger partial charge in [0.25, 0.3) is 11.5 Å². The SMILES string of the molecule is CCCn1c(=O)[nH]c(=O)c2c(C(=O)N3CCN(CC4CCCO4)CC3)cc(C(C)C)nc21. The number of hydrogen-bond donors (Lipinski definition) is 1. The Hall–Kier alpha value is -2.52. The minimum Gasteiger partial charge on any atom is -0.377 e. The fourth-order valence-electron chi connectivity index (χ4n) is 4.57. The summed E-state index contributed by atoms with van der Waals surface area (Å²) in [7, 11) is 0. The van der Waals surface area contributed by atoms with E-state index in [1.165, 1.54) is 4.57 Å². The molecule has 2 aliphatic rings. The lowest BCUT2D eigenvalue weighted by Crippen LogP contribution is -2.50. The highest BCUT2D eigenvalue weighted by atomic mass is 16.5. The van der Waals surface area contributed by atoms with Gasteiger partial charge in [0.2, 0.25) is 0 Å². The van der Waals surface area contributed by atoms with E-state index in [4.69, 9.17) is 4.74 Å². The lowest BCUT2D eigenvalue weighted by atomic mass is 10.0. The molecule has 4 rings (SSSR count). The predicted octanol–water partition coefficient (Wildman–Crippen LogP) is 1.56. The molecule has 9 heteroatoms. The monoisotopic (exact) mass is 443 g/mol. The van der Waals surface area contributed by atoms with Crippen molar-refractivity contribution >= 4 is 16.9 Å². The number of H-pyrrole nitrogens is 1. The van der Waals surface area contributed by atoms with Crippen LogP contribution in [0.5, 0.6) is 0 Å². The Labute approximate surface area is 187 Å². The molecule has 2 fully saturated rings. The quantitative estimate of drug-likeness (QED) is 0.727. The average molecular weight is 444 g/mol. The summed E-state index contributed by atoms with van der Waals surface area (Å²) in [5.41, 5.74) is 0.289. The Bertz CT molecular complexity index is 1090. The maximum absolute atomic E-state index is 13.6. The fourth-order valence-corrected chi connectivity index (χ4v) is 4.57. The molecule has 0 bridgehead atoms. The molecule has 0 aliphatic carbocycles. The molecule has 0 spiro atoms. The van der Waals surface area contributed by atoms with Crippen LogP contribution >= 0.6 is 0 Å². The third-order valence-electron chi connectivity index (χ3n) is 6.38. The van der Waals surface area contributed by atoms with Crippen molar-refractivity contribution in [1.29, 1.82) is 0 Å². The smallest absolute Gasteiger partial charge is 0.329 e. The van der Waals surface area contributed by atoms with Gasteiger partial charge in [-0.2, -0.15) is 0 Å². The molecule has 2 aliphatic heterocycles. The Balaban J connectivity index is 1.65. The van der Waals surface area contributed by atoms with Crippen LogP contribution in [0.3, 0.4) is 0 Å². The van der Waals surface area contributed by atoms with Crippen molar-refractivity contribution in [3.05, 3.63) is 38.2 Å². The molecule has 0 saturated carbocycles. The van der Waals surface area contributed by atoms with E-state index in [0.29, 0.717) is 49.1 Å². The summed E-state index contributed by atoms with van der Waals surface area (Å²) in [5.74, 6) is -0.123. The second-order valence-corrected chi connectivity index (χ2v) is 9.09. The van der Waals surface area contributed by atoms with Crippen LogP contribution in [-0.2, 0) is 11.3 Å². The van der Waals surface area contributed by atoms with Crippen molar-refractivity contribution in [3.63, 3.8) is 0 Å². The molecular weight excluding hydrogens is 410 g/mol. The summed E-state index contributed by atoms with van der Waals surface area (Å²) in [4.78, 5) is 49.9. The van der Waals surface area contributed by atoms with E-state index in [0.717, 1.165) is 39.1 Å². The maximum atomic E-state index is 13.6. The number of aromatic nitrogens is 3. The number of aromatic amines is 1. The highest BCUT2D eigenvalue weighted by Gasteiger charge is 2.28. The van der Waals surface area contributed by atoms with Gasteiger partial charge in [-0.25, -0.2) is 9.78 Å². The molecular formula is C23H33N5O4. The van der Waals surface area contributed by atoms with Crippen molar-refractivity contribution in [2.75, 3.05) is 39.3 Å². The molecule has 1 amide bonds. The number of carbonyl (C=O) groups is 1. The zero-order valence-electron chi connectivity index (χ0n) is 19.2. The Morgan fingerprint density at radius 1 is 1.25 bits per heavy atom. The number of aryl methyl sites for hydroxylation is 1. The van der Waals surface area contributed by atoms with Crippen LogP contribution in [0.1, 0.15) is 62.0 Å². The zero-order valence-corrected chi connectivity index (χ0v) is 19.2. The summed E-state index contributed by atoms with van der Waals surface area (Å²) in [5, 5.41) is 0.203. The fraction of sp³-hybridized carbons (Fsp3) is 0.652. The molecule has 2 aromatic heterocycles. The number of piperazine rings is 1. The molecule has 32 heavy (non-hydrogen) atoms. The van der Waals surface area contributed by atoms with E-state index in [1.807, 2.05) is 20.8 Å². The van der Waals surface area contributed by atoms with E-state index in [1.54, 1.807) is 11.0 Å². The highest BCUT2D eigenvalue weighted by molar-refractivity contribution is 6.05. The van der Waals surface area contributed by atoms with Gasteiger partial charge in [0.1, 0.15) is 0 Å². The molecule has 1 N–H and O–H groups in total. The second-order valence-electron chi connectivity index (χ2n) is 9.09. The molecule has 174 valence electrons. The minimum atomic E-state index is -0.555. The first kappa shape index (κ1) is 22.7. The van der Waals surface area contributed by atoms with Crippen LogP contribution in [0.25, 0.3) is 11.0 Å². The maximum Gasteiger partial charge on any atom is 0.329 e. The topological polar surface area (TPSA) is 101 Å². The van der Waals surface area contributed by atoms with Gasteiger partial charge < -0.3 is 9.64 Å². The van der Waals surface area contributed by atoms with Gasteiger partial charge in [-0.15, -0.1) is 0 Å². The van der Waals surface area contributed by atoms with Gasteiger partial charge in [-0.1, -0.05) is 20.8 Å². The van der Waals surface area contributed by atoms with E-state index in [2.05, 4.69) is 14.9 Å². The summed E-state index contributed by atoms with van der Waals surface area (Å²) < 4.78 is 7.21. The lowest BCUT2D eigenvalue weighted by molar-refractivity contribution is 0.0433. The van der Waals surface area contributed by atoms with Crippen LogP contribution in [-0.4, -0.2) is 75.7 Å². The van der Waals surface area contributed by atoms with Crippen LogP contribution in [0, 0.1) is 0 Å². The second kappa shape index (κ2) is 9.54. The number of rotatable bonds is 6. The number of carbonyl (C=O) groups excluding carboxylic acids is 1. The summed E-state index contributed by atoms with van der Waals surface area (Å²) in [6.45, 7) is 10.9. The van der Waals surface area contributed by atoms with Crippen molar-refractivity contribution in [3.8, 4) is 0 Å². The molecule has 9 nitrogen and oxygen atoms in total. The molecule has 2 aromatic rings. The van der Waals surface area contributed by atoms with Gasteiger partial charge in [0.15, 0.2) is 5.65 Å². The largest absolute Gasteiger partial charge is 0.377 e. The minimum absolute atomic E-state index is 0.0543. The van der Waals surface area contributed by atoms with Crippen molar-refractivity contribution in [2.45, 2.75) is 58.6 Å². The molecule has 1 atom stereocenters. The molecule has 2 saturated heterocycles. The summed E-state index contributed by atoms with van der Waals surface area (Å²) >= 11 is 0. The van der Waals surface area contributed by atoms with E-state index >= 15 is 0 Å². The van der Waals surface area contributed by atoms with Crippen molar-refractivity contribution in [2.24, 2.45) is 0 Å². The normalized spacial score (nSPS) is 19.9. The average Bonchev–Trinajstić information content (AvgIpc) is 3.28. The number of hydrogen-bond acceptors (Lipinski definition) is 6. The third-order valence-corrected chi connectivity index (χ3v) is 6.38. The molecule has 0 aromatic carbocycles. The Morgan fingerprint density at radius 3 is 2.62 bits per heavy atom. The zero-order chi connectivity index (χ0) is 22.8. The molecule has 4 heterocycles. The van der Waals surface area contributed by atoms with Gasteiger partial charge >= 0.3 is 5.69 Å². The highest BCUT2D eigenvalue weighted by Crippen LogP contribution is 2.22. The van der Waals surface area contributed by atoms with Gasteiger partial charge in [0, 0.05) is 51.6 Å². The standard InChI is InChI=1S/C23H33N5O4/c1-4-7-28-20-19(21(29)25-23(28)31)17(13-18(24-20)15(2)3)22(30)27-10-8-26(9-11-27)14-16-6-5-12-32-16/h13,15-16H,4-12,14H2,1-3H3,(H,25,29,31). The number of ether oxygens (including phenoxy) is 1. The predicted molar refractivity (Wildman–Crippen MR) is 122 cm³/mol. The first-order valence-electron chi connectivity index (χ1n) is 11.7. The number of nitrogens with one attached hydrogen (secondary N) is 1. The summed E-state index contributed by atoms with van der Waals surface area (Å²) in [6.07, 6.45) is 3.23. The van der Waals surface area contributed by atoms with Gasteiger partial charge in [0.05, 0.1) is 17.1 Å². The first-order chi connectivity index (χ1) is 15.4. The summed E-state index contributed by atoms with van der Waals surface area (Å²) in [6, 6.07) is 1.73. The Morgan fingerprint density at radius 2 is 2.00 bits per heavy atom. The first-order valence-corrected chi connectivity index (χ1v) is 11.7. The number of pyridine rings is 1. The van der Waals surface area contributed by atoms with Gasteiger partial charge in [-0.05, 0) is 31.2 Å². The van der Waals surface area contributed by atoms with Crippen LogP contribution in [0.15, 0.2) is 15.7 Å². The van der Waals surface area contributed by atoms with Gasteiger partial charge in [-0.3, -0.25) is 24.0 Å². The van der Waals surface area contributed by atoms with Crippen LogP contribution in [0.4, 0.5) is 0 Å². The van der Waals surface area contributed by atoms with Crippen LogP contribution < -0.4 is 11.2 Å². The van der Waals surface area contributed by atoms with Crippen molar-refractivity contribution in [1.82, 2.24) is 24.3 Å². The Kier molecular flexibility index (Phi) is 6.76. The molecule has 0 radical (unpaired) electrons. The number of amides is 1. The lowest BCUT2D eigenvalue weighted by Gasteiger charge is -2.36.